The molecule has 1 fully saturated rings. The molecule has 0 unspecified atom stereocenters. The van der Waals surface area contributed by atoms with Crippen molar-refractivity contribution in [3.63, 3.8) is 0 Å². The van der Waals surface area contributed by atoms with Crippen molar-refractivity contribution in [1.82, 2.24) is 14.9 Å². The molecule has 7 heteroatoms. The van der Waals surface area contributed by atoms with Gasteiger partial charge in [0.15, 0.2) is 0 Å². The zero-order chi connectivity index (χ0) is 22.1. The van der Waals surface area contributed by atoms with Gasteiger partial charge in [-0.05, 0) is 36.2 Å². The molecule has 4 aromatic rings. The van der Waals surface area contributed by atoms with Crippen molar-refractivity contribution in [2.24, 2.45) is 5.92 Å². The van der Waals surface area contributed by atoms with Crippen molar-refractivity contribution >= 4 is 16.9 Å². The van der Waals surface area contributed by atoms with Crippen LogP contribution in [-0.2, 0) is 6.42 Å². The van der Waals surface area contributed by atoms with Crippen LogP contribution in [0, 0.1) is 5.92 Å². The van der Waals surface area contributed by atoms with Crippen molar-refractivity contribution in [1.29, 1.82) is 0 Å². The molecule has 1 N–H and O–H groups in total. The van der Waals surface area contributed by atoms with Gasteiger partial charge >= 0.3 is 5.63 Å². The van der Waals surface area contributed by atoms with Crippen LogP contribution in [-0.4, -0.2) is 45.1 Å². The fourth-order valence-corrected chi connectivity index (χ4v) is 4.19. The third-order valence-corrected chi connectivity index (χ3v) is 5.84. The number of nitrogens with zero attached hydrogens (tertiary/aromatic N) is 3. The van der Waals surface area contributed by atoms with E-state index in [9.17, 15) is 14.7 Å². The second-order valence-electron chi connectivity index (χ2n) is 8.00. The molecule has 7 nitrogen and oxygen atoms in total. The first-order chi connectivity index (χ1) is 15.6. The fraction of sp³-hybridized carbons (Fsp3) is 0.200. The van der Waals surface area contributed by atoms with E-state index in [0.29, 0.717) is 35.2 Å². The van der Waals surface area contributed by atoms with Crippen molar-refractivity contribution < 1.29 is 14.3 Å². The Morgan fingerprint density at radius 3 is 2.81 bits per heavy atom. The molecule has 2 aromatic heterocycles. The van der Waals surface area contributed by atoms with E-state index in [4.69, 9.17) is 4.42 Å². The number of benzene rings is 2. The maximum absolute atomic E-state index is 13.2. The highest BCUT2D eigenvalue weighted by Crippen LogP contribution is 2.25. The number of aliphatic hydroxyl groups is 1. The predicted octanol–water partition coefficient (Wildman–Crippen LogP) is 2.93. The number of carbonyl (C=O) groups excluding carboxylic acids is 1. The number of likely N-dealkylation sites (tertiary alicyclic amines) is 1. The van der Waals surface area contributed by atoms with Gasteiger partial charge in [-0.3, -0.25) is 14.8 Å². The quantitative estimate of drug-likeness (QED) is 0.503. The van der Waals surface area contributed by atoms with E-state index >= 15 is 0 Å². The summed E-state index contributed by atoms with van der Waals surface area (Å²) in [5.74, 6) is -0.288. The highest BCUT2D eigenvalue weighted by Gasteiger charge is 2.34. The van der Waals surface area contributed by atoms with Gasteiger partial charge in [0, 0.05) is 48.5 Å². The summed E-state index contributed by atoms with van der Waals surface area (Å²) in [5.41, 5.74) is 2.34. The molecule has 1 aliphatic heterocycles. The fourth-order valence-electron chi connectivity index (χ4n) is 4.19. The molecule has 2 aromatic carbocycles. The van der Waals surface area contributed by atoms with E-state index in [2.05, 4.69) is 9.97 Å². The average Bonchev–Trinajstić information content (AvgIpc) is 3.19. The van der Waals surface area contributed by atoms with E-state index in [1.54, 1.807) is 59.9 Å². The molecule has 1 saturated heterocycles. The molecule has 0 spiro atoms. The highest BCUT2D eigenvalue weighted by molar-refractivity contribution is 5.96. The maximum Gasteiger partial charge on any atom is 0.344 e. The van der Waals surface area contributed by atoms with Gasteiger partial charge in [-0.2, -0.15) is 0 Å². The average molecular weight is 427 g/mol. The Morgan fingerprint density at radius 1 is 1.09 bits per heavy atom. The summed E-state index contributed by atoms with van der Waals surface area (Å²) in [6.07, 6.45) is 4.83. The number of aliphatic hydroxyl groups excluding tert-OH is 1. The first kappa shape index (κ1) is 20.1. The second-order valence-corrected chi connectivity index (χ2v) is 8.00. The third kappa shape index (κ3) is 3.90. The van der Waals surface area contributed by atoms with Crippen LogP contribution >= 0.6 is 0 Å². The van der Waals surface area contributed by atoms with Crippen LogP contribution < -0.4 is 5.63 Å². The molecule has 1 amide bonds. The number of aromatic nitrogens is 2. The maximum atomic E-state index is 13.2. The summed E-state index contributed by atoms with van der Waals surface area (Å²) < 4.78 is 5.44. The molecule has 2 atom stereocenters. The normalized spacial score (nSPS) is 18.2. The Kier molecular flexibility index (Phi) is 5.25. The van der Waals surface area contributed by atoms with E-state index in [1.165, 1.54) is 0 Å². The van der Waals surface area contributed by atoms with Crippen molar-refractivity contribution in [3.05, 3.63) is 94.9 Å². The molecule has 160 valence electrons. The molecule has 3 heterocycles. The van der Waals surface area contributed by atoms with Gasteiger partial charge in [-0.1, -0.05) is 30.3 Å². The third-order valence-electron chi connectivity index (χ3n) is 5.84. The Labute approximate surface area is 184 Å². The molecule has 0 saturated carbocycles. The summed E-state index contributed by atoms with van der Waals surface area (Å²) in [5, 5.41) is 11.3. The van der Waals surface area contributed by atoms with E-state index in [1.807, 2.05) is 18.2 Å². The van der Waals surface area contributed by atoms with Crippen molar-refractivity contribution in [2.45, 2.75) is 12.5 Å². The minimum Gasteiger partial charge on any atom is -0.422 e. The van der Waals surface area contributed by atoms with Gasteiger partial charge < -0.3 is 14.4 Å². The number of fused-ring (bicyclic) bond motifs is 1. The number of rotatable bonds is 4. The number of para-hydroxylation sites is 1. The van der Waals surface area contributed by atoms with Gasteiger partial charge in [-0.15, -0.1) is 0 Å². The first-order valence-electron chi connectivity index (χ1n) is 10.4. The van der Waals surface area contributed by atoms with Crippen LogP contribution in [0.2, 0.25) is 0 Å². The molecule has 0 radical (unpaired) electrons. The van der Waals surface area contributed by atoms with Gasteiger partial charge in [0.2, 0.25) is 0 Å². The van der Waals surface area contributed by atoms with Crippen molar-refractivity contribution in [2.75, 3.05) is 13.1 Å². The van der Waals surface area contributed by atoms with Crippen molar-refractivity contribution in [3.8, 4) is 11.1 Å². The Bertz CT molecular complexity index is 1340. The monoisotopic (exact) mass is 427 g/mol. The predicted molar refractivity (Wildman–Crippen MR) is 119 cm³/mol. The van der Waals surface area contributed by atoms with Crippen LogP contribution in [0.1, 0.15) is 16.1 Å². The number of hydrogen-bond donors (Lipinski definition) is 1. The van der Waals surface area contributed by atoms with Crippen LogP contribution in [0.25, 0.3) is 22.1 Å². The lowest BCUT2D eigenvalue weighted by atomic mass is 10.0. The lowest BCUT2D eigenvalue weighted by Crippen LogP contribution is -2.29. The Hall–Kier alpha value is -3.84. The van der Waals surface area contributed by atoms with Gasteiger partial charge in [0.25, 0.3) is 5.91 Å². The van der Waals surface area contributed by atoms with Crippen LogP contribution in [0.3, 0.4) is 0 Å². The van der Waals surface area contributed by atoms with Crippen LogP contribution in [0.15, 0.2) is 82.4 Å². The Morgan fingerprint density at radius 2 is 1.97 bits per heavy atom. The molecule has 32 heavy (non-hydrogen) atoms. The first-order valence-corrected chi connectivity index (χ1v) is 10.4. The molecule has 5 rings (SSSR count). The SMILES string of the molecule is O=C(c1cccc(-c2cc3ccccc3oc2=O)c1)N1C[C@@H](Cc2cnccn2)[C@H](O)C1. The van der Waals surface area contributed by atoms with Gasteiger partial charge in [0.1, 0.15) is 5.58 Å². The van der Waals surface area contributed by atoms with E-state index < -0.39 is 11.7 Å². The second kappa shape index (κ2) is 8.36. The van der Waals surface area contributed by atoms with Crippen LogP contribution in [0.5, 0.6) is 0 Å². The van der Waals surface area contributed by atoms with Crippen LogP contribution in [0.4, 0.5) is 0 Å². The topological polar surface area (TPSA) is 96.5 Å². The summed E-state index contributed by atoms with van der Waals surface area (Å²) in [7, 11) is 0. The molecular weight excluding hydrogens is 406 g/mol. The molecule has 0 aliphatic carbocycles. The largest absolute Gasteiger partial charge is 0.422 e. The number of amides is 1. The zero-order valence-electron chi connectivity index (χ0n) is 17.2. The van der Waals surface area contributed by atoms with E-state index in [-0.39, 0.29) is 18.4 Å². The zero-order valence-corrected chi connectivity index (χ0v) is 17.2. The number of β-amino-alcohol motifs (C(OH)–C–C–N with tert-alkyl or cyclic N) is 1. The standard InChI is InChI=1S/C25H21N3O4/c29-22-15-28(14-19(22)11-20-13-26-8-9-27-20)24(30)18-6-3-5-16(10-18)21-12-17-4-1-2-7-23(17)32-25(21)31/h1-10,12-13,19,22,29H,11,14-15H2/t19-,22-/m1/s1. The van der Waals surface area contributed by atoms with Gasteiger partial charge in [-0.25, -0.2) is 4.79 Å². The summed E-state index contributed by atoms with van der Waals surface area (Å²) in [4.78, 5) is 35.7. The Balaban J connectivity index is 1.38. The number of hydrogen-bond acceptors (Lipinski definition) is 6. The molecule has 1 aliphatic rings. The number of carbonyl (C=O) groups is 1. The molecular formula is C25H21N3O4. The highest BCUT2D eigenvalue weighted by atomic mass is 16.4. The summed E-state index contributed by atoms with van der Waals surface area (Å²) in [6, 6.07) is 16.0. The minimum absolute atomic E-state index is 0.105. The minimum atomic E-state index is -0.628. The van der Waals surface area contributed by atoms with Gasteiger partial charge in [0.05, 0.1) is 17.4 Å². The lowest BCUT2D eigenvalue weighted by molar-refractivity contribution is 0.0764. The lowest BCUT2D eigenvalue weighted by Gasteiger charge is -2.16. The summed E-state index contributed by atoms with van der Waals surface area (Å²) >= 11 is 0. The smallest absolute Gasteiger partial charge is 0.344 e. The van der Waals surface area contributed by atoms with E-state index in [0.717, 1.165) is 11.1 Å². The summed E-state index contributed by atoms with van der Waals surface area (Å²) in [6.45, 7) is 0.686. The molecule has 0 bridgehead atoms.